The van der Waals surface area contributed by atoms with E-state index in [2.05, 4.69) is 15.1 Å². The number of rotatable bonds is 3. The normalized spacial score (nSPS) is 11.7. The minimum Gasteiger partial charge on any atom is -0.384 e. The number of nitrogen functional groups attached to an aromatic ring is 1. The highest BCUT2D eigenvalue weighted by molar-refractivity contribution is 5.63. The Bertz CT molecular complexity index is 853. The molecule has 1 aromatic carbocycles. The van der Waals surface area contributed by atoms with Crippen molar-refractivity contribution in [2.75, 3.05) is 5.73 Å². The van der Waals surface area contributed by atoms with Crippen LogP contribution in [0.1, 0.15) is 16.8 Å². The van der Waals surface area contributed by atoms with Crippen molar-refractivity contribution in [2.24, 2.45) is 0 Å². The fraction of sp³-hybridized carbons (Fsp3) is 0.188. The summed E-state index contributed by atoms with van der Waals surface area (Å²) in [6, 6.07) is 6.67. The maximum atomic E-state index is 12.6. The molecule has 2 N–H and O–H groups in total. The van der Waals surface area contributed by atoms with Crippen molar-refractivity contribution in [1.82, 2.24) is 19.7 Å². The summed E-state index contributed by atoms with van der Waals surface area (Å²) in [5, 5.41) is 4.38. The first-order valence-corrected chi connectivity index (χ1v) is 7.11. The second-order valence-corrected chi connectivity index (χ2v) is 5.35. The molecule has 0 amide bonds. The Hall–Kier alpha value is -2.90. The van der Waals surface area contributed by atoms with Crippen molar-refractivity contribution in [3.05, 3.63) is 59.7 Å². The van der Waals surface area contributed by atoms with Crippen molar-refractivity contribution < 1.29 is 13.2 Å². The van der Waals surface area contributed by atoms with E-state index in [0.717, 1.165) is 29.0 Å². The van der Waals surface area contributed by atoms with Crippen LogP contribution in [0.2, 0.25) is 0 Å². The van der Waals surface area contributed by atoms with Crippen LogP contribution in [-0.4, -0.2) is 19.7 Å². The molecular weight excluding hydrogens is 319 g/mol. The van der Waals surface area contributed by atoms with Crippen molar-refractivity contribution in [3.8, 4) is 11.3 Å². The molecule has 2 heterocycles. The Morgan fingerprint density at radius 3 is 2.46 bits per heavy atom. The number of hydrogen-bond donors (Lipinski definition) is 1. The van der Waals surface area contributed by atoms with Crippen molar-refractivity contribution in [3.63, 3.8) is 0 Å². The molecule has 0 aliphatic rings. The standard InChI is InChI=1S/C16H14F3N5/c1-10-13(14-6-15(20)22-9-21-14)8-24(23-10)7-11-2-4-12(5-3-11)16(17,18)19/h2-6,8-9H,7H2,1H3,(H2,20,21,22). The Kier molecular flexibility index (Phi) is 3.96. The molecule has 0 radical (unpaired) electrons. The molecule has 124 valence electrons. The quantitative estimate of drug-likeness (QED) is 0.798. The molecule has 0 spiro atoms. The third-order valence-electron chi connectivity index (χ3n) is 3.54. The summed E-state index contributed by atoms with van der Waals surface area (Å²) >= 11 is 0. The van der Waals surface area contributed by atoms with E-state index in [-0.39, 0.29) is 0 Å². The molecule has 0 fully saturated rings. The first-order valence-electron chi connectivity index (χ1n) is 7.11. The van der Waals surface area contributed by atoms with Crippen LogP contribution in [0.25, 0.3) is 11.3 Å². The maximum Gasteiger partial charge on any atom is 0.416 e. The van der Waals surface area contributed by atoms with Gasteiger partial charge in [-0.1, -0.05) is 12.1 Å². The van der Waals surface area contributed by atoms with Crippen LogP contribution >= 0.6 is 0 Å². The fourth-order valence-corrected chi connectivity index (χ4v) is 2.36. The zero-order chi connectivity index (χ0) is 17.3. The Morgan fingerprint density at radius 1 is 1.12 bits per heavy atom. The Labute approximate surface area is 136 Å². The number of aromatic nitrogens is 4. The van der Waals surface area contributed by atoms with Crippen LogP contribution in [0.4, 0.5) is 19.0 Å². The second kappa shape index (κ2) is 5.95. The molecule has 0 unspecified atom stereocenters. The molecule has 0 aliphatic carbocycles. The van der Waals surface area contributed by atoms with E-state index in [4.69, 9.17) is 5.73 Å². The zero-order valence-corrected chi connectivity index (χ0v) is 12.7. The third-order valence-corrected chi connectivity index (χ3v) is 3.54. The van der Waals surface area contributed by atoms with E-state index in [1.54, 1.807) is 16.9 Å². The summed E-state index contributed by atoms with van der Waals surface area (Å²) < 4.78 is 39.4. The topological polar surface area (TPSA) is 69.6 Å². The predicted octanol–water partition coefficient (Wildman–Crippen LogP) is 3.30. The smallest absolute Gasteiger partial charge is 0.384 e. The number of benzene rings is 1. The largest absolute Gasteiger partial charge is 0.416 e. The summed E-state index contributed by atoms with van der Waals surface area (Å²) in [5.41, 5.74) is 7.91. The Morgan fingerprint density at radius 2 is 1.83 bits per heavy atom. The zero-order valence-electron chi connectivity index (χ0n) is 12.7. The molecule has 8 heteroatoms. The number of anilines is 1. The van der Waals surface area contributed by atoms with Crippen LogP contribution in [-0.2, 0) is 12.7 Å². The van der Waals surface area contributed by atoms with Crippen molar-refractivity contribution in [1.29, 1.82) is 0 Å². The highest BCUT2D eigenvalue weighted by Crippen LogP contribution is 2.29. The number of aryl methyl sites for hydroxylation is 1. The van der Waals surface area contributed by atoms with Crippen LogP contribution < -0.4 is 5.73 Å². The number of nitrogens with two attached hydrogens (primary N) is 1. The third kappa shape index (κ3) is 3.37. The second-order valence-electron chi connectivity index (χ2n) is 5.35. The first-order chi connectivity index (χ1) is 11.3. The molecule has 0 saturated carbocycles. The van der Waals surface area contributed by atoms with Gasteiger partial charge in [0.1, 0.15) is 12.1 Å². The van der Waals surface area contributed by atoms with Gasteiger partial charge in [-0.2, -0.15) is 18.3 Å². The summed E-state index contributed by atoms with van der Waals surface area (Å²) in [6.07, 6.45) is -1.17. The lowest BCUT2D eigenvalue weighted by molar-refractivity contribution is -0.137. The van der Waals surface area contributed by atoms with E-state index >= 15 is 0 Å². The van der Waals surface area contributed by atoms with Crippen LogP contribution in [0.3, 0.4) is 0 Å². The lowest BCUT2D eigenvalue weighted by atomic mass is 10.1. The summed E-state index contributed by atoms with van der Waals surface area (Å²) in [7, 11) is 0. The van der Waals surface area contributed by atoms with E-state index < -0.39 is 11.7 Å². The molecule has 24 heavy (non-hydrogen) atoms. The summed E-state index contributed by atoms with van der Waals surface area (Å²) in [6.45, 7) is 2.19. The SMILES string of the molecule is Cc1nn(Cc2ccc(C(F)(F)F)cc2)cc1-c1cc(N)ncn1. The lowest BCUT2D eigenvalue weighted by Crippen LogP contribution is -2.05. The van der Waals surface area contributed by atoms with E-state index in [0.29, 0.717) is 18.1 Å². The lowest BCUT2D eigenvalue weighted by Gasteiger charge is -2.07. The van der Waals surface area contributed by atoms with Gasteiger partial charge in [0.25, 0.3) is 0 Å². The van der Waals surface area contributed by atoms with Gasteiger partial charge in [0.15, 0.2) is 0 Å². The molecule has 5 nitrogen and oxygen atoms in total. The van der Waals surface area contributed by atoms with Gasteiger partial charge in [-0.3, -0.25) is 4.68 Å². The highest BCUT2D eigenvalue weighted by Gasteiger charge is 2.29. The van der Waals surface area contributed by atoms with Gasteiger partial charge >= 0.3 is 6.18 Å². The molecule has 2 aromatic heterocycles. The molecule has 0 aliphatic heterocycles. The van der Waals surface area contributed by atoms with Gasteiger partial charge in [-0.25, -0.2) is 9.97 Å². The monoisotopic (exact) mass is 333 g/mol. The number of halogens is 3. The van der Waals surface area contributed by atoms with Crippen LogP contribution in [0, 0.1) is 6.92 Å². The molecule has 3 aromatic rings. The summed E-state index contributed by atoms with van der Waals surface area (Å²) in [5.74, 6) is 0.356. The average Bonchev–Trinajstić information content (AvgIpc) is 2.87. The van der Waals surface area contributed by atoms with E-state index in [9.17, 15) is 13.2 Å². The number of nitrogens with zero attached hydrogens (tertiary/aromatic N) is 4. The van der Waals surface area contributed by atoms with Crippen LogP contribution in [0.15, 0.2) is 42.9 Å². The minimum absolute atomic E-state index is 0.356. The van der Waals surface area contributed by atoms with Gasteiger partial charge in [-0.15, -0.1) is 0 Å². The molecule has 0 atom stereocenters. The first kappa shape index (κ1) is 16.0. The van der Waals surface area contributed by atoms with Gasteiger partial charge in [0.05, 0.1) is 23.5 Å². The van der Waals surface area contributed by atoms with Crippen molar-refractivity contribution >= 4 is 5.82 Å². The van der Waals surface area contributed by atoms with Gasteiger partial charge in [0, 0.05) is 17.8 Å². The molecule has 0 saturated heterocycles. The van der Waals surface area contributed by atoms with Gasteiger partial charge < -0.3 is 5.73 Å². The minimum atomic E-state index is -4.33. The van der Waals surface area contributed by atoms with E-state index in [1.807, 2.05) is 6.92 Å². The van der Waals surface area contributed by atoms with Gasteiger partial charge in [0.2, 0.25) is 0 Å². The average molecular weight is 333 g/mol. The number of alkyl halides is 3. The maximum absolute atomic E-state index is 12.6. The number of hydrogen-bond acceptors (Lipinski definition) is 4. The van der Waals surface area contributed by atoms with Crippen LogP contribution in [0.5, 0.6) is 0 Å². The van der Waals surface area contributed by atoms with Gasteiger partial charge in [-0.05, 0) is 24.6 Å². The molecule has 3 rings (SSSR count). The fourth-order valence-electron chi connectivity index (χ4n) is 2.36. The summed E-state index contributed by atoms with van der Waals surface area (Å²) in [4.78, 5) is 8.01. The van der Waals surface area contributed by atoms with Crippen molar-refractivity contribution in [2.45, 2.75) is 19.6 Å². The highest BCUT2D eigenvalue weighted by atomic mass is 19.4. The van der Waals surface area contributed by atoms with E-state index in [1.165, 1.54) is 18.5 Å². The molecule has 0 bridgehead atoms. The predicted molar refractivity (Wildman–Crippen MR) is 82.9 cm³/mol. The Balaban J connectivity index is 1.83. The molecular formula is C16H14F3N5.